The highest BCUT2D eigenvalue weighted by Crippen LogP contribution is 2.19. The maximum absolute atomic E-state index is 12.5. The van der Waals surface area contributed by atoms with Crippen LogP contribution in [0.4, 0.5) is 0 Å². The molecule has 2 N–H and O–H groups in total. The fraction of sp³-hybridized carbons (Fsp3) is 0.444. The molecule has 1 fully saturated rings. The van der Waals surface area contributed by atoms with E-state index < -0.39 is 11.9 Å². The topological polar surface area (TPSA) is 90.9 Å². The smallest absolute Gasteiger partial charge is 0.268 e. The van der Waals surface area contributed by atoms with E-state index in [1.54, 1.807) is 0 Å². The molecule has 2 aliphatic rings. The van der Waals surface area contributed by atoms with E-state index in [4.69, 9.17) is 0 Å². The average Bonchev–Trinajstić information content (AvgIpc) is 3.41. The van der Waals surface area contributed by atoms with Gasteiger partial charge in [-0.05, 0) is 18.4 Å². The van der Waals surface area contributed by atoms with Gasteiger partial charge in [-0.1, -0.05) is 30.3 Å². The van der Waals surface area contributed by atoms with Gasteiger partial charge in [0.1, 0.15) is 11.8 Å². The van der Waals surface area contributed by atoms with Crippen LogP contribution >= 0.6 is 0 Å². The van der Waals surface area contributed by atoms with Crippen LogP contribution in [0.1, 0.15) is 31.2 Å². The maximum atomic E-state index is 12.5. The molecule has 25 heavy (non-hydrogen) atoms. The van der Waals surface area contributed by atoms with Crippen molar-refractivity contribution < 1.29 is 14.4 Å². The SMILES string of the molecule is CN1N=C(C(=O)N[C@H](Cc2ccccc2)C(=O)NC2CC2)CCC1=O. The van der Waals surface area contributed by atoms with Crippen LogP contribution in [0.25, 0.3) is 0 Å². The molecule has 0 saturated heterocycles. The highest BCUT2D eigenvalue weighted by Gasteiger charge is 2.30. The predicted octanol–water partition coefficient (Wildman–Crippen LogP) is 0.601. The summed E-state index contributed by atoms with van der Waals surface area (Å²) >= 11 is 0. The van der Waals surface area contributed by atoms with Crippen LogP contribution in [-0.2, 0) is 20.8 Å². The summed E-state index contributed by atoms with van der Waals surface area (Å²) in [7, 11) is 1.52. The molecule has 132 valence electrons. The number of hydrogen-bond donors (Lipinski definition) is 2. The third-order valence-electron chi connectivity index (χ3n) is 4.30. The van der Waals surface area contributed by atoms with Gasteiger partial charge < -0.3 is 10.6 Å². The van der Waals surface area contributed by atoms with E-state index in [1.165, 1.54) is 12.1 Å². The van der Waals surface area contributed by atoms with E-state index in [2.05, 4.69) is 15.7 Å². The summed E-state index contributed by atoms with van der Waals surface area (Å²) in [5.41, 5.74) is 1.25. The van der Waals surface area contributed by atoms with Gasteiger partial charge in [0.25, 0.3) is 5.91 Å². The summed E-state index contributed by atoms with van der Waals surface area (Å²) < 4.78 is 0. The first-order valence-corrected chi connectivity index (χ1v) is 8.52. The first-order valence-electron chi connectivity index (χ1n) is 8.52. The second-order valence-corrected chi connectivity index (χ2v) is 6.46. The fourth-order valence-electron chi connectivity index (χ4n) is 2.66. The van der Waals surface area contributed by atoms with Gasteiger partial charge in [-0.2, -0.15) is 5.10 Å². The normalized spacial score (nSPS) is 18.4. The summed E-state index contributed by atoms with van der Waals surface area (Å²) in [4.78, 5) is 36.5. The molecule has 1 aliphatic carbocycles. The zero-order valence-electron chi connectivity index (χ0n) is 14.2. The standard InChI is InChI=1S/C18H22N4O3/c1-22-16(23)10-9-14(21-22)17(24)20-15(18(25)19-13-7-8-13)11-12-5-3-2-4-6-12/h2-6,13,15H,7-11H2,1H3,(H,19,25)(H,20,24)/t15-/m1/s1. The van der Waals surface area contributed by atoms with E-state index in [0.29, 0.717) is 6.42 Å². The van der Waals surface area contributed by atoms with Gasteiger partial charge in [-0.15, -0.1) is 0 Å². The van der Waals surface area contributed by atoms with Gasteiger partial charge in [0.15, 0.2) is 0 Å². The van der Waals surface area contributed by atoms with Gasteiger partial charge in [0.2, 0.25) is 11.8 Å². The lowest BCUT2D eigenvalue weighted by Gasteiger charge is -2.22. The highest BCUT2D eigenvalue weighted by molar-refractivity contribution is 6.39. The molecule has 1 aromatic rings. The third kappa shape index (κ3) is 4.65. The Balaban J connectivity index is 1.69. The van der Waals surface area contributed by atoms with Crippen LogP contribution in [-0.4, -0.2) is 47.6 Å². The summed E-state index contributed by atoms with van der Waals surface area (Å²) in [6, 6.07) is 9.12. The average molecular weight is 342 g/mol. The van der Waals surface area contributed by atoms with Crippen LogP contribution in [0.5, 0.6) is 0 Å². The van der Waals surface area contributed by atoms with Crippen molar-refractivity contribution in [2.75, 3.05) is 7.05 Å². The van der Waals surface area contributed by atoms with E-state index in [9.17, 15) is 14.4 Å². The summed E-state index contributed by atoms with van der Waals surface area (Å²) in [6.45, 7) is 0. The van der Waals surface area contributed by atoms with E-state index >= 15 is 0 Å². The number of hydrogen-bond acceptors (Lipinski definition) is 4. The Bertz CT molecular complexity index is 698. The fourth-order valence-corrected chi connectivity index (χ4v) is 2.66. The van der Waals surface area contributed by atoms with Crippen LogP contribution in [0.3, 0.4) is 0 Å². The maximum Gasteiger partial charge on any atom is 0.268 e. The van der Waals surface area contributed by atoms with Crippen molar-refractivity contribution in [2.45, 2.75) is 44.2 Å². The van der Waals surface area contributed by atoms with Gasteiger partial charge in [-0.25, -0.2) is 5.01 Å². The summed E-state index contributed by atoms with van der Waals surface area (Å²) in [5, 5.41) is 10.9. The molecule has 1 aromatic carbocycles. The first-order chi connectivity index (χ1) is 12.0. The van der Waals surface area contributed by atoms with Gasteiger partial charge >= 0.3 is 0 Å². The monoisotopic (exact) mass is 342 g/mol. The molecule has 1 aliphatic heterocycles. The molecule has 7 nitrogen and oxygen atoms in total. The van der Waals surface area contributed by atoms with Gasteiger partial charge in [-0.3, -0.25) is 14.4 Å². The Labute approximate surface area is 146 Å². The molecule has 0 bridgehead atoms. The lowest BCUT2D eigenvalue weighted by molar-refractivity contribution is -0.130. The minimum absolute atomic E-state index is 0.121. The Kier molecular flexibility index (Phi) is 5.11. The number of nitrogens with zero attached hydrogens (tertiary/aromatic N) is 2. The van der Waals surface area contributed by atoms with Crippen LogP contribution < -0.4 is 10.6 Å². The lowest BCUT2D eigenvalue weighted by atomic mass is 10.0. The van der Waals surface area contributed by atoms with Crippen LogP contribution in [0.15, 0.2) is 35.4 Å². The Morgan fingerprint density at radius 1 is 1.24 bits per heavy atom. The molecular weight excluding hydrogens is 320 g/mol. The molecule has 7 heteroatoms. The second kappa shape index (κ2) is 7.46. The van der Waals surface area contributed by atoms with Crippen LogP contribution in [0.2, 0.25) is 0 Å². The van der Waals surface area contributed by atoms with Gasteiger partial charge in [0.05, 0.1) is 0 Å². The number of benzene rings is 1. The summed E-state index contributed by atoms with van der Waals surface area (Å²) in [6.07, 6.45) is 2.92. The molecule has 1 saturated carbocycles. The zero-order valence-corrected chi connectivity index (χ0v) is 14.2. The minimum Gasteiger partial charge on any atom is -0.352 e. The Morgan fingerprint density at radius 3 is 2.60 bits per heavy atom. The van der Waals surface area contributed by atoms with Crippen molar-refractivity contribution in [2.24, 2.45) is 5.10 Å². The molecular formula is C18H22N4O3. The van der Waals surface area contributed by atoms with E-state index in [-0.39, 0.29) is 36.4 Å². The minimum atomic E-state index is -0.666. The number of carbonyl (C=O) groups excluding carboxylic acids is 3. The van der Waals surface area contributed by atoms with Crippen molar-refractivity contribution in [3.63, 3.8) is 0 Å². The van der Waals surface area contributed by atoms with Gasteiger partial charge in [0, 0.05) is 32.4 Å². The first kappa shape index (κ1) is 17.1. The number of carbonyl (C=O) groups is 3. The molecule has 0 spiro atoms. The Morgan fingerprint density at radius 2 is 1.96 bits per heavy atom. The molecule has 0 radical (unpaired) electrons. The Hall–Kier alpha value is -2.70. The number of amides is 3. The predicted molar refractivity (Wildman–Crippen MR) is 92.7 cm³/mol. The largest absolute Gasteiger partial charge is 0.352 e. The molecule has 1 atom stereocenters. The molecule has 0 unspecified atom stereocenters. The van der Waals surface area contributed by atoms with Crippen molar-refractivity contribution >= 4 is 23.4 Å². The van der Waals surface area contributed by atoms with Crippen molar-refractivity contribution in [1.29, 1.82) is 0 Å². The van der Waals surface area contributed by atoms with Crippen LogP contribution in [0, 0.1) is 0 Å². The molecule has 3 rings (SSSR count). The zero-order chi connectivity index (χ0) is 17.8. The number of rotatable bonds is 6. The van der Waals surface area contributed by atoms with Crippen molar-refractivity contribution in [3.05, 3.63) is 35.9 Å². The molecule has 0 aromatic heterocycles. The lowest BCUT2D eigenvalue weighted by Crippen LogP contribution is -2.51. The second-order valence-electron chi connectivity index (χ2n) is 6.46. The van der Waals surface area contributed by atoms with Crippen molar-refractivity contribution in [1.82, 2.24) is 15.6 Å². The number of hydrazone groups is 1. The van der Waals surface area contributed by atoms with E-state index in [0.717, 1.165) is 18.4 Å². The van der Waals surface area contributed by atoms with Crippen molar-refractivity contribution in [3.8, 4) is 0 Å². The molecule has 1 heterocycles. The highest BCUT2D eigenvalue weighted by atomic mass is 16.2. The molecule has 3 amide bonds. The van der Waals surface area contributed by atoms with E-state index in [1.807, 2.05) is 30.3 Å². The quantitative estimate of drug-likeness (QED) is 0.793. The summed E-state index contributed by atoms with van der Waals surface area (Å²) in [5.74, 6) is -0.698. The number of nitrogens with one attached hydrogen (secondary N) is 2. The third-order valence-corrected chi connectivity index (χ3v) is 4.30.